The molecular formula is C13H15F2NO2. The lowest BCUT2D eigenvalue weighted by molar-refractivity contribution is -0.142. The van der Waals surface area contributed by atoms with Crippen LogP contribution >= 0.6 is 0 Å². The molecule has 2 atom stereocenters. The highest BCUT2D eigenvalue weighted by atomic mass is 19.1. The van der Waals surface area contributed by atoms with Gasteiger partial charge in [0.2, 0.25) is 0 Å². The molecule has 18 heavy (non-hydrogen) atoms. The Morgan fingerprint density at radius 3 is 2.50 bits per heavy atom. The van der Waals surface area contributed by atoms with Crippen molar-refractivity contribution >= 4 is 5.97 Å². The average molecular weight is 255 g/mol. The Kier molecular flexibility index (Phi) is 3.61. The Labute approximate surface area is 104 Å². The number of hydrogen-bond donors (Lipinski definition) is 1. The molecule has 0 aliphatic carbocycles. The van der Waals surface area contributed by atoms with Gasteiger partial charge in [0, 0.05) is 18.7 Å². The summed E-state index contributed by atoms with van der Waals surface area (Å²) in [7, 11) is 0. The molecule has 1 heterocycles. The van der Waals surface area contributed by atoms with Crippen LogP contribution in [-0.4, -0.2) is 28.6 Å². The minimum atomic E-state index is -0.810. The molecule has 1 saturated heterocycles. The summed E-state index contributed by atoms with van der Waals surface area (Å²) in [5.41, 5.74) is 0.533. The van der Waals surface area contributed by atoms with Crippen LogP contribution in [0.3, 0.4) is 0 Å². The van der Waals surface area contributed by atoms with Crippen LogP contribution in [0.2, 0.25) is 0 Å². The average Bonchev–Trinajstić information content (AvgIpc) is 2.59. The Bertz CT molecular complexity index is 444. The third kappa shape index (κ3) is 2.67. The lowest BCUT2D eigenvalue weighted by Gasteiger charge is -2.23. The molecular weight excluding hydrogens is 240 g/mol. The van der Waals surface area contributed by atoms with Crippen molar-refractivity contribution in [3.8, 4) is 0 Å². The number of carboxylic acids is 1. The Hall–Kier alpha value is -1.49. The molecule has 1 aromatic rings. The molecule has 1 aliphatic heterocycles. The van der Waals surface area contributed by atoms with E-state index in [2.05, 4.69) is 0 Å². The third-order valence-corrected chi connectivity index (χ3v) is 3.51. The van der Waals surface area contributed by atoms with Crippen molar-refractivity contribution in [2.75, 3.05) is 6.54 Å². The zero-order valence-corrected chi connectivity index (χ0v) is 10.1. The number of likely N-dealkylation sites (tertiary alicyclic amines) is 1. The van der Waals surface area contributed by atoms with Crippen LogP contribution in [0.25, 0.3) is 0 Å². The van der Waals surface area contributed by atoms with Crippen molar-refractivity contribution in [3.05, 3.63) is 35.4 Å². The molecule has 2 unspecified atom stereocenters. The molecule has 3 nitrogen and oxygen atoms in total. The molecule has 0 bridgehead atoms. The van der Waals surface area contributed by atoms with Gasteiger partial charge in [0.05, 0.1) is 5.92 Å². The van der Waals surface area contributed by atoms with Gasteiger partial charge in [-0.1, -0.05) is 0 Å². The van der Waals surface area contributed by atoms with Crippen molar-refractivity contribution in [1.29, 1.82) is 0 Å². The van der Waals surface area contributed by atoms with Gasteiger partial charge in [0.25, 0.3) is 0 Å². The first-order valence-corrected chi connectivity index (χ1v) is 5.89. The number of hydrogen-bond acceptors (Lipinski definition) is 2. The van der Waals surface area contributed by atoms with E-state index in [-0.39, 0.29) is 6.04 Å². The van der Waals surface area contributed by atoms with Crippen LogP contribution in [0.5, 0.6) is 0 Å². The highest BCUT2D eigenvalue weighted by Gasteiger charge is 2.35. The third-order valence-electron chi connectivity index (χ3n) is 3.51. The van der Waals surface area contributed by atoms with Crippen LogP contribution in [0.4, 0.5) is 8.78 Å². The van der Waals surface area contributed by atoms with Crippen LogP contribution < -0.4 is 0 Å². The van der Waals surface area contributed by atoms with Gasteiger partial charge in [0.1, 0.15) is 11.6 Å². The summed E-state index contributed by atoms with van der Waals surface area (Å²) in [5, 5.41) is 9.01. The Morgan fingerprint density at radius 2 is 2.00 bits per heavy atom. The number of halogens is 2. The van der Waals surface area contributed by atoms with Gasteiger partial charge in [-0.2, -0.15) is 0 Å². The molecule has 0 radical (unpaired) electrons. The quantitative estimate of drug-likeness (QED) is 0.900. The van der Waals surface area contributed by atoms with Gasteiger partial charge in [-0.3, -0.25) is 9.69 Å². The van der Waals surface area contributed by atoms with Crippen molar-refractivity contribution in [2.45, 2.75) is 25.9 Å². The molecule has 2 rings (SSSR count). The van der Waals surface area contributed by atoms with Gasteiger partial charge in [-0.25, -0.2) is 8.78 Å². The molecule has 0 spiro atoms. The summed E-state index contributed by atoms with van der Waals surface area (Å²) in [6.45, 7) is 2.84. The zero-order valence-electron chi connectivity index (χ0n) is 10.1. The first-order valence-electron chi connectivity index (χ1n) is 5.89. The monoisotopic (exact) mass is 255 g/mol. The van der Waals surface area contributed by atoms with Crippen LogP contribution in [0, 0.1) is 17.6 Å². The van der Waals surface area contributed by atoms with E-state index in [0.717, 1.165) is 6.07 Å². The second kappa shape index (κ2) is 5.02. The fourth-order valence-corrected chi connectivity index (χ4v) is 2.49. The molecule has 98 valence electrons. The van der Waals surface area contributed by atoms with E-state index in [4.69, 9.17) is 5.11 Å². The highest BCUT2D eigenvalue weighted by molar-refractivity contribution is 5.71. The maximum absolute atomic E-state index is 13.1. The van der Waals surface area contributed by atoms with E-state index in [1.807, 2.05) is 11.8 Å². The predicted octanol–water partition coefficient (Wildman–Crippen LogP) is 2.26. The number of nitrogens with zero attached hydrogens (tertiary/aromatic N) is 1. The Balaban J connectivity index is 2.08. The Morgan fingerprint density at radius 1 is 1.39 bits per heavy atom. The fourth-order valence-electron chi connectivity index (χ4n) is 2.49. The summed E-state index contributed by atoms with van der Waals surface area (Å²) >= 11 is 0. The summed E-state index contributed by atoms with van der Waals surface area (Å²) in [4.78, 5) is 12.9. The van der Waals surface area contributed by atoms with Crippen molar-refractivity contribution in [3.63, 3.8) is 0 Å². The van der Waals surface area contributed by atoms with E-state index >= 15 is 0 Å². The lowest BCUT2D eigenvalue weighted by atomic mass is 10.0. The number of carboxylic acid groups (broad SMARTS) is 1. The molecule has 0 saturated carbocycles. The molecule has 5 heteroatoms. The standard InChI is InChI=1S/C13H15F2NO2/c1-8-12(13(17)18)2-3-16(8)7-9-4-10(14)6-11(15)5-9/h4-6,8,12H,2-3,7H2,1H3,(H,17,18). The SMILES string of the molecule is CC1C(C(=O)O)CCN1Cc1cc(F)cc(F)c1. The minimum absolute atomic E-state index is 0.117. The van der Waals surface area contributed by atoms with Crippen LogP contribution in [-0.2, 0) is 11.3 Å². The first-order chi connectivity index (χ1) is 8.47. The number of aliphatic carboxylic acids is 1. The second-order valence-corrected chi connectivity index (χ2v) is 4.72. The van der Waals surface area contributed by atoms with Gasteiger partial charge in [-0.05, 0) is 37.6 Å². The number of rotatable bonds is 3. The van der Waals surface area contributed by atoms with E-state index in [0.29, 0.717) is 25.1 Å². The van der Waals surface area contributed by atoms with E-state index < -0.39 is 23.5 Å². The summed E-state index contributed by atoms with van der Waals surface area (Å²) in [5.74, 6) is -2.42. The van der Waals surface area contributed by atoms with Crippen molar-refractivity contribution in [1.82, 2.24) is 4.90 Å². The topological polar surface area (TPSA) is 40.5 Å². The molecule has 0 amide bonds. The summed E-state index contributed by atoms with van der Waals surface area (Å²) < 4.78 is 26.1. The fraction of sp³-hybridized carbons (Fsp3) is 0.462. The first kappa shape index (κ1) is 13.0. The summed E-state index contributed by atoms with van der Waals surface area (Å²) in [6, 6.07) is 3.28. The van der Waals surface area contributed by atoms with Crippen molar-refractivity contribution < 1.29 is 18.7 Å². The normalized spacial score (nSPS) is 24.4. The van der Waals surface area contributed by atoms with Crippen molar-refractivity contribution in [2.24, 2.45) is 5.92 Å². The summed E-state index contributed by atoms with van der Waals surface area (Å²) in [6.07, 6.45) is 0.578. The maximum Gasteiger partial charge on any atom is 0.308 e. The van der Waals surface area contributed by atoms with Gasteiger partial charge in [0.15, 0.2) is 0 Å². The second-order valence-electron chi connectivity index (χ2n) is 4.72. The van der Waals surface area contributed by atoms with Gasteiger partial charge >= 0.3 is 5.97 Å². The van der Waals surface area contributed by atoms with Crippen LogP contribution in [0.1, 0.15) is 18.9 Å². The maximum atomic E-state index is 13.1. The number of carbonyl (C=O) groups is 1. The highest BCUT2D eigenvalue weighted by Crippen LogP contribution is 2.26. The molecule has 1 fully saturated rings. The van der Waals surface area contributed by atoms with E-state index in [9.17, 15) is 13.6 Å². The minimum Gasteiger partial charge on any atom is -0.481 e. The number of benzene rings is 1. The molecule has 1 N–H and O–H groups in total. The predicted molar refractivity (Wildman–Crippen MR) is 62.0 cm³/mol. The molecule has 0 aromatic heterocycles. The lowest BCUT2D eigenvalue weighted by Crippen LogP contribution is -2.32. The van der Waals surface area contributed by atoms with Gasteiger partial charge in [-0.15, -0.1) is 0 Å². The largest absolute Gasteiger partial charge is 0.481 e. The van der Waals surface area contributed by atoms with Gasteiger partial charge < -0.3 is 5.11 Å². The smallest absolute Gasteiger partial charge is 0.308 e. The van der Waals surface area contributed by atoms with E-state index in [1.54, 1.807) is 0 Å². The van der Waals surface area contributed by atoms with E-state index in [1.165, 1.54) is 12.1 Å². The zero-order chi connectivity index (χ0) is 13.3. The van der Waals surface area contributed by atoms with Crippen LogP contribution in [0.15, 0.2) is 18.2 Å². The molecule has 1 aromatic carbocycles. The molecule has 1 aliphatic rings.